The van der Waals surface area contributed by atoms with Gasteiger partial charge in [-0.1, -0.05) is 18.2 Å². The Hall–Kier alpha value is -1.23. The lowest BCUT2D eigenvalue weighted by Gasteiger charge is -2.13. The molecule has 2 nitrogen and oxygen atoms in total. The van der Waals surface area contributed by atoms with E-state index in [4.69, 9.17) is 0 Å². The molecule has 0 amide bonds. The van der Waals surface area contributed by atoms with Gasteiger partial charge in [0.1, 0.15) is 5.75 Å². The predicted octanol–water partition coefficient (Wildman–Crippen LogP) is 2.91. The molecule has 0 spiro atoms. The minimum atomic E-state index is -4.62. The smallest absolute Gasteiger partial charge is 0.405 e. The molecule has 2 unspecified atom stereocenters. The van der Waals surface area contributed by atoms with Crippen LogP contribution < -0.4 is 10.1 Å². The maximum absolute atomic E-state index is 12.2. The fraction of sp³-hybridized carbons (Fsp3) is 0.500. The van der Waals surface area contributed by atoms with Gasteiger partial charge in [0, 0.05) is 0 Å². The third-order valence-electron chi connectivity index (χ3n) is 2.93. The van der Waals surface area contributed by atoms with Gasteiger partial charge < -0.3 is 10.1 Å². The number of halogens is 3. The van der Waals surface area contributed by atoms with Crippen molar-refractivity contribution in [3.05, 3.63) is 29.8 Å². The molecule has 5 heteroatoms. The van der Waals surface area contributed by atoms with Gasteiger partial charge >= 0.3 is 6.36 Å². The van der Waals surface area contributed by atoms with E-state index in [1.165, 1.54) is 6.07 Å². The molecule has 0 radical (unpaired) electrons. The van der Waals surface area contributed by atoms with Gasteiger partial charge in [0.25, 0.3) is 0 Å². The topological polar surface area (TPSA) is 21.3 Å². The van der Waals surface area contributed by atoms with Gasteiger partial charge in [-0.25, -0.2) is 0 Å². The second-order valence-electron chi connectivity index (χ2n) is 4.25. The number of para-hydroxylation sites is 1. The van der Waals surface area contributed by atoms with Crippen LogP contribution in [0, 0.1) is 5.92 Å². The predicted molar refractivity (Wildman–Crippen MR) is 57.9 cm³/mol. The third kappa shape index (κ3) is 3.12. The van der Waals surface area contributed by atoms with Crippen LogP contribution in [0.2, 0.25) is 0 Å². The summed E-state index contributed by atoms with van der Waals surface area (Å²) < 4.78 is 40.7. The van der Waals surface area contributed by atoms with Crippen LogP contribution in [0.15, 0.2) is 24.3 Å². The molecular weight excluding hydrogens is 231 g/mol. The molecule has 1 N–H and O–H groups in total. The largest absolute Gasteiger partial charge is 0.573 e. The lowest BCUT2D eigenvalue weighted by molar-refractivity contribution is -0.274. The normalized spacial score (nSPS) is 23.5. The molecule has 2 rings (SSSR count). The first kappa shape index (κ1) is 12.2. The van der Waals surface area contributed by atoms with Gasteiger partial charge in [0.05, 0.1) is 0 Å². The maximum atomic E-state index is 12.2. The molecule has 1 aliphatic rings. The Morgan fingerprint density at radius 1 is 1.35 bits per heavy atom. The van der Waals surface area contributed by atoms with E-state index in [9.17, 15) is 13.2 Å². The van der Waals surface area contributed by atoms with Crippen molar-refractivity contribution in [1.29, 1.82) is 0 Å². The molecule has 1 aliphatic carbocycles. The lowest BCUT2D eigenvalue weighted by Crippen LogP contribution is -2.18. The zero-order valence-electron chi connectivity index (χ0n) is 9.42. The number of hydrogen-bond acceptors (Lipinski definition) is 2. The van der Waals surface area contributed by atoms with Crippen LogP contribution in [0.4, 0.5) is 13.2 Å². The lowest BCUT2D eigenvalue weighted by atomic mass is 10.1. The molecule has 0 heterocycles. The van der Waals surface area contributed by atoms with E-state index in [2.05, 4.69) is 10.1 Å². The molecule has 1 aromatic carbocycles. The van der Waals surface area contributed by atoms with Gasteiger partial charge in [-0.05, 0) is 43.5 Å². The molecular formula is C12H14F3NO. The highest BCUT2D eigenvalue weighted by Gasteiger charge is 2.41. The zero-order valence-corrected chi connectivity index (χ0v) is 9.42. The van der Waals surface area contributed by atoms with E-state index in [1.54, 1.807) is 18.2 Å². The van der Waals surface area contributed by atoms with E-state index >= 15 is 0 Å². The number of hydrogen-bond donors (Lipinski definition) is 1. The van der Waals surface area contributed by atoms with Crippen molar-refractivity contribution < 1.29 is 17.9 Å². The number of alkyl halides is 3. The fourth-order valence-corrected chi connectivity index (χ4v) is 2.12. The summed E-state index contributed by atoms with van der Waals surface area (Å²) in [5, 5.41) is 3.03. The Morgan fingerprint density at radius 2 is 2.06 bits per heavy atom. The first-order valence-electron chi connectivity index (χ1n) is 5.50. The van der Waals surface area contributed by atoms with E-state index in [0.717, 1.165) is 13.0 Å². The monoisotopic (exact) mass is 245 g/mol. The first-order chi connectivity index (χ1) is 8.01. The number of ether oxygens (including phenoxy) is 1. The summed E-state index contributed by atoms with van der Waals surface area (Å²) in [7, 11) is 1.84. The fourth-order valence-electron chi connectivity index (χ4n) is 2.12. The maximum Gasteiger partial charge on any atom is 0.573 e. The highest BCUT2D eigenvalue weighted by molar-refractivity contribution is 5.39. The van der Waals surface area contributed by atoms with Crippen molar-refractivity contribution in [3.63, 3.8) is 0 Å². The van der Waals surface area contributed by atoms with Crippen LogP contribution in [-0.2, 0) is 0 Å². The number of benzene rings is 1. The van der Waals surface area contributed by atoms with Gasteiger partial charge in [-0.15, -0.1) is 13.2 Å². The van der Waals surface area contributed by atoms with Crippen LogP contribution in [0.5, 0.6) is 5.75 Å². The first-order valence-corrected chi connectivity index (χ1v) is 5.50. The second kappa shape index (κ2) is 4.56. The van der Waals surface area contributed by atoms with Crippen molar-refractivity contribution in [3.8, 4) is 5.75 Å². The Kier molecular flexibility index (Phi) is 3.28. The van der Waals surface area contributed by atoms with Crippen LogP contribution in [0.25, 0.3) is 0 Å². The molecule has 1 fully saturated rings. The van der Waals surface area contributed by atoms with Crippen molar-refractivity contribution >= 4 is 0 Å². The molecule has 17 heavy (non-hydrogen) atoms. The Morgan fingerprint density at radius 3 is 2.71 bits per heavy atom. The quantitative estimate of drug-likeness (QED) is 0.880. The SMILES string of the molecule is CNCC1CC1c1ccccc1OC(F)(F)F. The van der Waals surface area contributed by atoms with E-state index in [1.807, 2.05) is 7.05 Å². The zero-order chi connectivity index (χ0) is 12.5. The molecule has 0 bridgehead atoms. The standard InChI is InChI=1S/C12H14F3NO/c1-16-7-8-6-10(8)9-4-2-3-5-11(9)17-12(13,14)15/h2-5,8,10,16H,6-7H2,1H3. The summed E-state index contributed by atoms with van der Waals surface area (Å²) >= 11 is 0. The summed E-state index contributed by atoms with van der Waals surface area (Å²) in [6, 6.07) is 6.38. The highest BCUT2D eigenvalue weighted by Crippen LogP contribution is 2.50. The molecule has 1 saturated carbocycles. The Balaban J connectivity index is 2.12. The van der Waals surface area contributed by atoms with Gasteiger partial charge in [0.15, 0.2) is 0 Å². The summed E-state index contributed by atoms with van der Waals surface area (Å²) in [5.74, 6) is 0.530. The summed E-state index contributed by atoms with van der Waals surface area (Å²) in [5.41, 5.74) is 0.657. The van der Waals surface area contributed by atoms with E-state index in [-0.39, 0.29) is 11.7 Å². The Labute approximate surface area is 97.8 Å². The van der Waals surface area contributed by atoms with Crippen LogP contribution in [0.1, 0.15) is 17.9 Å². The van der Waals surface area contributed by atoms with Crippen molar-refractivity contribution in [1.82, 2.24) is 5.32 Å². The minimum absolute atomic E-state index is 0.0661. The second-order valence-corrected chi connectivity index (χ2v) is 4.25. The number of nitrogens with one attached hydrogen (secondary N) is 1. The van der Waals surface area contributed by atoms with E-state index in [0.29, 0.717) is 11.5 Å². The molecule has 2 atom stereocenters. The average Bonchev–Trinajstić information content (AvgIpc) is 2.96. The van der Waals surface area contributed by atoms with Crippen molar-refractivity contribution in [2.75, 3.05) is 13.6 Å². The van der Waals surface area contributed by atoms with Gasteiger partial charge in [0.2, 0.25) is 0 Å². The van der Waals surface area contributed by atoms with Gasteiger partial charge in [-0.3, -0.25) is 0 Å². The molecule has 0 saturated heterocycles. The summed E-state index contributed by atoms with van der Waals surface area (Å²) in [6.07, 6.45) is -3.71. The molecule has 0 aromatic heterocycles. The molecule has 0 aliphatic heterocycles. The van der Waals surface area contributed by atoms with Crippen LogP contribution >= 0.6 is 0 Å². The number of rotatable bonds is 4. The van der Waals surface area contributed by atoms with Crippen LogP contribution in [0.3, 0.4) is 0 Å². The average molecular weight is 245 g/mol. The van der Waals surface area contributed by atoms with Gasteiger partial charge in [-0.2, -0.15) is 0 Å². The van der Waals surface area contributed by atoms with Crippen molar-refractivity contribution in [2.45, 2.75) is 18.7 Å². The highest BCUT2D eigenvalue weighted by atomic mass is 19.4. The summed E-state index contributed by atoms with van der Waals surface area (Å²) in [6.45, 7) is 0.824. The Bertz CT molecular complexity index is 392. The van der Waals surface area contributed by atoms with E-state index < -0.39 is 6.36 Å². The third-order valence-corrected chi connectivity index (χ3v) is 2.93. The van der Waals surface area contributed by atoms with Crippen LogP contribution in [-0.4, -0.2) is 20.0 Å². The summed E-state index contributed by atoms with van der Waals surface area (Å²) in [4.78, 5) is 0. The molecule has 94 valence electrons. The van der Waals surface area contributed by atoms with Crippen molar-refractivity contribution in [2.24, 2.45) is 5.92 Å². The minimum Gasteiger partial charge on any atom is -0.405 e. The molecule has 1 aromatic rings.